The molecule has 1 saturated carbocycles. The number of hydrogen-bond donors (Lipinski definition) is 1. The van der Waals surface area contributed by atoms with Crippen molar-refractivity contribution >= 4 is 5.69 Å². The molecule has 5 nitrogen and oxygen atoms in total. The SMILES string of the molecule is COCC(C)N(C)c1cnc(C(C)C)nc1CNC1CC1. The molecule has 2 rings (SSSR count). The van der Waals surface area contributed by atoms with Crippen LogP contribution in [0.2, 0.25) is 0 Å². The Labute approximate surface area is 128 Å². The Bertz CT molecular complexity index is 460. The molecule has 0 saturated heterocycles. The van der Waals surface area contributed by atoms with Crippen molar-refractivity contribution in [2.75, 3.05) is 25.7 Å². The molecule has 0 spiro atoms. The van der Waals surface area contributed by atoms with Crippen molar-refractivity contribution in [1.29, 1.82) is 0 Å². The Morgan fingerprint density at radius 3 is 2.67 bits per heavy atom. The van der Waals surface area contributed by atoms with Crippen LogP contribution in [0.3, 0.4) is 0 Å². The van der Waals surface area contributed by atoms with Gasteiger partial charge in [-0.2, -0.15) is 0 Å². The highest BCUT2D eigenvalue weighted by molar-refractivity contribution is 5.49. The third-order valence-corrected chi connectivity index (χ3v) is 3.97. The van der Waals surface area contributed by atoms with Gasteiger partial charge < -0.3 is 15.0 Å². The molecular weight excluding hydrogens is 264 g/mol. The average molecular weight is 292 g/mol. The topological polar surface area (TPSA) is 50.3 Å². The predicted molar refractivity (Wildman–Crippen MR) is 85.7 cm³/mol. The summed E-state index contributed by atoms with van der Waals surface area (Å²) in [6.45, 7) is 7.91. The minimum atomic E-state index is 0.295. The summed E-state index contributed by atoms with van der Waals surface area (Å²) in [5, 5.41) is 3.56. The van der Waals surface area contributed by atoms with Gasteiger partial charge in [0.2, 0.25) is 0 Å². The first-order chi connectivity index (χ1) is 10.0. The molecule has 21 heavy (non-hydrogen) atoms. The zero-order chi connectivity index (χ0) is 15.4. The van der Waals surface area contributed by atoms with Gasteiger partial charge in [-0.25, -0.2) is 9.97 Å². The fraction of sp³-hybridized carbons (Fsp3) is 0.750. The molecular formula is C16H28N4O. The fourth-order valence-corrected chi connectivity index (χ4v) is 2.25. The standard InChI is InChI=1S/C16H28N4O/c1-11(2)16-18-9-15(20(4)12(3)10-21-5)14(19-16)8-17-13-6-7-13/h9,11-13,17H,6-8,10H2,1-5H3. The lowest BCUT2D eigenvalue weighted by atomic mass is 10.2. The van der Waals surface area contributed by atoms with Crippen LogP contribution in [0.5, 0.6) is 0 Å². The van der Waals surface area contributed by atoms with Gasteiger partial charge in [-0.05, 0) is 19.8 Å². The van der Waals surface area contributed by atoms with Gasteiger partial charge in [0.25, 0.3) is 0 Å². The lowest BCUT2D eigenvalue weighted by Gasteiger charge is -2.28. The second-order valence-corrected chi connectivity index (χ2v) is 6.29. The molecule has 0 radical (unpaired) electrons. The molecule has 5 heteroatoms. The zero-order valence-electron chi connectivity index (χ0n) is 13.9. The second kappa shape index (κ2) is 7.18. The molecule has 0 aromatic carbocycles. The number of ether oxygens (including phenoxy) is 1. The van der Waals surface area contributed by atoms with Gasteiger partial charge >= 0.3 is 0 Å². The van der Waals surface area contributed by atoms with Crippen molar-refractivity contribution < 1.29 is 4.74 Å². The van der Waals surface area contributed by atoms with Crippen molar-refractivity contribution in [2.24, 2.45) is 0 Å². The van der Waals surface area contributed by atoms with Crippen LogP contribution in [0.4, 0.5) is 5.69 Å². The van der Waals surface area contributed by atoms with E-state index in [-0.39, 0.29) is 0 Å². The van der Waals surface area contributed by atoms with Crippen molar-refractivity contribution in [2.45, 2.75) is 58.2 Å². The molecule has 1 atom stereocenters. The van der Waals surface area contributed by atoms with E-state index >= 15 is 0 Å². The van der Waals surface area contributed by atoms with Crippen LogP contribution >= 0.6 is 0 Å². The monoisotopic (exact) mass is 292 g/mol. The Morgan fingerprint density at radius 1 is 1.38 bits per heavy atom. The van der Waals surface area contributed by atoms with E-state index in [0.29, 0.717) is 24.6 Å². The van der Waals surface area contributed by atoms with Crippen LogP contribution in [-0.2, 0) is 11.3 Å². The maximum Gasteiger partial charge on any atom is 0.131 e. The molecule has 1 aliphatic rings. The summed E-state index contributed by atoms with van der Waals surface area (Å²) in [7, 11) is 3.82. The van der Waals surface area contributed by atoms with Crippen LogP contribution in [0.1, 0.15) is 51.0 Å². The third-order valence-electron chi connectivity index (χ3n) is 3.97. The predicted octanol–water partition coefficient (Wildman–Crippen LogP) is 2.32. The molecule has 1 aliphatic carbocycles. The number of hydrogen-bond acceptors (Lipinski definition) is 5. The molecule has 1 aromatic heterocycles. The molecule has 118 valence electrons. The van der Waals surface area contributed by atoms with E-state index in [1.54, 1.807) is 7.11 Å². The molecule has 1 fully saturated rings. The second-order valence-electron chi connectivity index (χ2n) is 6.29. The van der Waals surface area contributed by atoms with Crippen molar-refractivity contribution in [3.63, 3.8) is 0 Å². The van der Waals surface area contributed by atoms with Crippen LogP contribution in [0.25, 0.3) is 0 Å². The van der Waals surface area contributed by atoms with Gasteiger partial charge in [0.15, 0.2) is 0 Å². The minimum absolute atomic E-state index is 0.295. The van der Waals surface area contributed by atoms with Gasteiger partial charge in [-0.1, -0.05) is 13.8 Å². The van der Waals surface area contributed by atoms with Crippen LogP contribution in [-0.4, -0.2) is 42.8 Å². The van der Waals surface area contributed by atoms with E-state index in [4.69, 9.17) is 9.72 Å². The Kier molecular flexibility index (Phi) is 5.53. The van der Waals surface area contributed by atoms with Gasteiger partial charge in [-0.3, -0.25) is 0 Å². The maximum atomic E-state index is 5.26. The van der Waals surface area contributed by atoms with Gasteiger partial charge in [0.05, 0.1) is 24.2 Å². The molecule has 0 bridgehead atoms. The third kappa shape index (κ3) is 4.38. The smallest absolute Gasteiger partial charge is 0.131 e. The lowest BCUT2D eigenvalue weighted by Crippen LogP contribution is -2.34. The van der Waals surface area contributed by atoms with E-state index in [9.17, 15) is 0 Å². The molecule has 1 unspecified atom stereocenters. The molecule has 1 heterocycles. The van der Waals surface area contributed by atoms with Crippen molar-refractivity contribution in [3.8, 4) is 0 Å². The van der Waals surface area contributed by atoms with Gasteiger partial charge in [0, 0.05) is 38.7 Å². The summed E-state index contributed by atoms with van der Waals surface area (Å²) in [5.74, 6) is 1.26. The molecule has 0 amide bonds. The van der Waals surface area contributed by atoms with Crippen LogP contribution < -0.4 is 10.2 Å². The summed E-state index contributed by atoms with van der Waals surface area (Å²) in [5.41, 5.74) is 2.18. The fourth-order valence-electron chi connectivity index (χ4n) is 2.25. The van der Waals surface area contributed by atoms with Gasteiger partial charge in [-0.15, -0.1) is 0 Å². The molecule has 1 aromatic rings. The highest BCUT2D eigenvalue weighted by Crippen LogP contribution is 2.24. The zero-order valence-corrected chi connectivity index (χ0v) is 13.9. The van der Waals surface area contributed by atoms with E-state index in [1.165, 1.54) is 12.8 Å². The van der Waals surface area contributed by atoms with Crippen LogP contribution in [0.15, 0.2) is 6.20 Å². The first kappa shape index (κ1) is 16.2. The highest BCUT2D eigenvalue weighted by atomic mass is 16.5. The van der Waals surface area contributed by atoms with E-state index in [1.807, 2.05) is 6.20 Å². The van der Waals surface area contributed by atoms with Gasteiger partial charge in [0.1, 0.15) is 5.82 Å². The number of aromatic nitrogens is 2. The minimum Gasteiger partial charge on any atom is -0.383 e. The van der Waals surface area contributed by atoms with Crippen molar-refractivity contribution in [3.05, 3.63) is 17.7 Å². The normalized spacial score (nSPS) is 16.3. The van der Waals surface area contributed by atoms with Crippen molar-refractivity contribution in [1.82, 2.24) is 15.3 Å². The molecule has 1 N–H and O–H groups in total. The summed E-state index contributed by atoms with van der Waals surface area (Å²) in [6.07, 6.45) is 4.53. The largest absolute Gasteiger partial charge is 0.383 e. The van der Waals surface area contributed by atoms with E-state index in [2.05, 4.69) is 43.0 Å². The summed E-state index contributed by atoms with van der Waals surface area (Å²) in [4.78, 5) is 11.5. The molecule has 0 aliphatic heterocycles. The Balaban J connectivity index is 2.19. The highest BCUT2D eigenvalue weighted by Gasteiger charge is 2.22. The summed E-state index contributed by atoms with van der Waals surface area (Å²) >= 11 is 0. The average Bonchev–Trinajstić information content (AvgIpc) is 3.28. The van der Waals surface area contributed by atoms with Crippen LogP contribution in [0, 0.1) is 0 Å². The van der Waals surface area contributed by atoms with E-state index < -0.39 is 0 Å². The number of nitrogens with one attached hydrogen (secondary N) is 1. The quantitative estimate of drug-likeness (QED) is 0.797. The Morgan fingerprint density at radius 2 is 2.10 bits per heavy atom. The number of rotatable bonds is 8. The maximum absolute atomic E-state index is 5.26. The number of methoxy groups -OCH3 is 1. The van der Waals surface area contributed by atoms with E-state index in [0.717, 1.165) is 23.8 Å². The number of nitrogens with zero attached hydrogens (tertiary/aromatic N) is 3. The summed E-state index contributed by atoms with van der Waals surface area (Å²) in [6, 6.07) is 0.972. The summed E-state index contributed by atoms with van der Waals surface area (Å²) < 4.78 is 5.26. The lowest BCUT2D eigenvalue weighted by molar-refractivity contribution is 0.183. The number of anilines is 1. The Hall–Kier alpha value is -1.20. The first-order valence-electron chi connectivity index (χ1n) is 7.83. The first-order valence-corrected chi connectivity index (χ1v) is 7.83. The number of likely N-dealkylation sites (N-methyl/N-ethyl adjacent to an activating group) is 1.